The zero-order valence-electron chi connectivity index (χ0n) is 17.9. The first-order valence-electron chi connectivity index (χ1n) is 10.8. The normalized spacial score (nSPS) is 14.3. The summed E-state index contributed by atoms with van der Waals surface area (Å²) in [6, 6.07) is 13.3. The smallest absolute Gasteiger partial charge is 0.300 e. The van der Waals surface area contributed by atoms with Crippen LogP contribution in [0, 0.1) is 11.8 Å². The van der Waals surface area contributed by atoms with Gasteiger partial charge in [0.15, 0.2) is 23.4 Å². The van der Waals surface area contributed by atoms with Crippen LogP contribution >= 0.6 is 0 Å². The molecule has 2 aromatic carbocycles. The summed E-state index contributed by atoms with van der Waals surface area (Å²) >= 11 is 0. The highest BCUT2D eigenvalue weighted by molar-refractivity contribution is 6.05. The fraction of sp³-hybridized carbons (Fsp3) is 0.333. The van der Waals surface area contributed by atoms with Crippen LogP contribution in [0.5, 0.6) is 11.5 Å². The molecule has 1 aromatic heterocycles. The molecular formula is C24H25N5O3. The fourth-order valence-electron chi connectivity index (χ4n) is 3.42. The summed E-state index contributed by atoms with van der Waals surface area (Å²) in [5.41, 5.74) is 2.56. The quantitative estimate of drug-likeness (QED) is 0.436. The summed E-state index contributed by atoms with van der Waals surface area (Å²) in [6.07, 6.45) is 5.54. The summed E-state index contributed by atoms with van der Waals surface area (Å²) in [4.78, 5) is 12.4. The van der Waals surface area contributed by atoms with Crippen molar-refractivity contribution in [1.29, 1.82) is 0 Å². The van der Waals surface area contributed by atoms with Gasteiger partial charge in [-0.05, 0) is 53.1 Å². The molecule has 0 saturated carbocycles. The van der Waals surface area contributed by atoms with Gasteiger partial charge < -0.3 is 14.8 Å². The minimum atomic E-state index is -0.498. The summed E-state index contributed by atoms with van der Waals surface area (Å²) in [7, 11) is 0. The molecule has 0 spiro atoms. The van der Waals surface area contributed by atoms with Crippen LogP contribution in [0.1, 0.15) is 55.7 Å². The van der Waals surface area contributed by atoms with Crippen LogP contribution in [-0.4, -0.2) is 33.1 Å². The number of fused-ring (bicyclic) bond motifs is 1. The Bertz CT molecular complexity index is 1100. The van der Waals surface area contributed by atoms with E-state index in [1.54, 1.807) is 18.2 Å². The van der Waals surface area contributed by atoms with Gasteiger partial charge in [-0.3, -0.25) is 4.79 Å². The minimum absolute atomic E-state index is 0.260. The van der Waals surface area contributed by atoms with Gasteiger partial charge in [0.2, 0.25) is 0 Å². The summed E-state index contributed by atoms with van der Waals surface area (Å²) in [5.74, 6) is 6.52. The Morgan fingerprint density at radius 1 is 1.19 bits per heavy atom. The van der Waals surface area contributed by atoms with Crippen LogP contribution in [0.25, 0.3) is 0 Å². The Labute approximate surface area is 186 Å². The van der Waals surface area contributed by atoms with E-state index in [4.69, 9.17) is 9.47 Å². The molecule has 1 aliphatic heterocycles. The number of rotatable bonds is 7. The van der Waals surface area contributed by atoms with E-state index in [1.165, 1.54) is 31.2 Å². The van der Waals surface area contributed by atoms with Crippen molar-refractivity contribution < 1.29 is 14.3 Å². The standard InChI is InChI=1S/C24H25N5O3/c1-2-3-4-5-7-17-10-12-18(13-11-17)14-15-22(30)25-19-8-6-9-20-23(19)32-21(16-31-20)24-26-28-29-27-24/h6,8-13,21H,2-5,7,16H2,1H3,(H,25,30)(H,26,27,28,29). The van der Waals surface area contributed by atoms with E-state index in [2.05, 4.69) is 56.8 Å². The minimum Gasteiger partial charge on any atom is -0.485 e. The molecule has 2 heterocycles. The summed E-state index contributed by atoms with van der Waals surface area (Å²) in [5, 5.41) is 16.4. The fourth-order valence-corrected chi connectivity index (χ4v) is 3.42. The number of aromatic amines is 1. The lowest BCUT2D eigenvalue weighted by molar-refractivity contribution is -0.111. The molecule has 2 N–H and O–H groups in total. The highest BCUT2D eigenvalue weighted by atomic mass is 16.6. The van der Waals surface area contributed by atoms with Crippen molar-refractivity contribution in [2.45, 2.75) is 45.1 Å². The first-order valence-corrected chi connectivity index (χ1v) is 10.8. The number of hydrogen-bond donors (Lipinski definition) is 2. The van der Waals surface area contributed by atoms with Crippen LogP contribution in [0.3, 0.4) is 0 Å². The van der Waals surface area contributed by atoms with Crippen molar-refractivity contribution >= 4 is 11.6 Å². The number of nitrogens with zero attached hydrogens (tertiary/aromatic N) is 3. The molecule has 4 rings (SSSR count). The third-order valence-corrected chi connectivity index (χ3v) is 5.14. The maximum Gasteiger partial charge on any atom is 0.300 e. The molecule has 1 aliphatic rings. The molecule has 8 heteroatoms. The second-order valence-electron chi connectivity index (χ2n) is 7.55. The molecule has 0 radical (unpaired) electrons. The second kappa shape index (κ2) is 10.4. The number of anilines is 1. The number of hydrogen-bond acceptors (Lipinski definition) is 6. The van der Waals surface area contributed by atoms with Gasteiger partial charge in [0, 0.05) is 11.5 Å². The Hall–Kier alpha value is -3.86. The number of carbonyl (C=O) groups is 1. The number of carbonyl (C=O) groups excluding carboxylic acids is 1. The topological polar surface area (TPSA) is 102 Å². The Kier molecular flexibility index (Phi) is 6.98. The highest BCUT2D eigenvalue weighted by Gasteiger charge is 2.27. The van der Waals surface area contributed by atoms with E-state index in [9.17, 15) is 4.79 Å². The van der Waals surface area contributed by atoms with E-state index in [1.807, 2.05) is 12.1 Å². The number of aryl methyl sites for hydroxylation is 1. The molecule has 1 atom stereocenters. The maximum atomic E-state index is 12.4. The molecule has 8 nitrogen and oxygen atoms in total. The van der Waals surface area contributed by atoms with Crippen molar-refractivity contribution in [3.8, 4) is 23.3 Å². The third kappa shape index (κ3) is 5.43. The van der Waals surface area contributed by atoms with Gasteiger partial charge >= 0.3 is 5.91 Å². The van der Waals surface area contributed by atoms with Crippen LogP contribution in [0.2, 0.25) is 0 Å². The van der Waals surface area contributed by atoms with Gasteiger partial charge in [0.25, 0.3) is 0 Å². The zero-order valence-corrected chi connectivity index (χ0v) is 17.9. The van der Waals surface area contributed by atoms with Crippen LogP contribution in [-0.2, 0) is 11.2 Å². The molecular weight excluding hydrogens is 406 g/mol. The average molecular weight is 431 g/mol. The molecule has 164 valence electrons. The van der Waals surface area contributed by atoms with Gasteiger partial charge in [0.05, 0.1) is 5.69 Å². The van der Waals surface area contributed by atoms with Gasteiger partial charge in [0.1, 0.15) is 6.61 Å². The zero-order chi connectivity index (χ0) is 22.2. The van der Waals surface area contributed by atoms with Crippen molar-refractivity contribution in [1.82, 2.24) is 20.6 Å². The molecule has 1 amide bonds. The monoisotopic (exact) mass is 431 g/mol. The Morgan fingerprint density at radius 2 is 2.06 bits per heavy atom. The number of para-hydroxylation sites is 1. The van der Waals surface area contributed by atoms with Gasteiger partial charge in [-0.15, -0.1) is 5.10 Å². The van der Waals surface area contributed by atoms with Crippen molar-refractivity contribution in [3.05, 3.63) is 59.4 Å². The molecule has 0 saturated heterocycles. The number of amides is 1. The van der Waals surface area contributed by atoms with E-state index in [-0.39, 0.29) is 6.61 Å². The Morgan fingerprint density at radius 3 is 2.84 bits per heavy atom. The number of unbranched alkanes of at least 4 members (excludes halogenated alkanes) is 3. The maximum absolute atomic E-state index is 12.4. The van der Waals surface area contributed by atoms with E-state index in [0.717, 1.165) is 12.0 Å². The largest absolute Gasteiger partial charge is 0.485 e. The third-order valence-electron chi connectivity index (χ3n) is 5.14. The lowest BCUT2D eigenvalue weighted by Gasteiger charge is -2.26. The highest BCUT2D eigenvalue weighted by Crippen LogP contribution is 2.41. The van der Waals surface area contributed by atoms with E-state index >= 15 is 0 Å². The van der Waals surface area contributed by atoms with Gasteiger partial charge in [-0.2, -0.15) is 0 Å². The molecule has 0 aliphatic carbocycles. The SMILES string of the molecule is CCCCCCc1ccc(C#CC(=O)Nc2cccc3c2OC(c2nnn[nH]2)CO3)cc1. The van der Waals surface area contributed by atoms with E-state index < -0.39 is 12.0 Å². The number of aromatic nitrogens is 4. The molecule has 0 bridgehead atoms. The van der Waals surface area contributed by atoms with Crippen LogP contribution in [0.4, 0.5) is 5.69 Å². The first kappa shape index (κ1) is 21.4. The van der Waals surface area contributed by atoms with Gasteiger partial charge in [-0.1, -0.05) is 50.3 Å². The molecule has 32 heavy (non-hydrogen) atoms. The summed E-state index contributed by atoms with van der Waals surface area (Å²) in [6.45, 7) is 2.47. The number of benzene rings is 2. The predicted molar refractivity (Wildman–Crippen MR) is 119 cm³/mol. The molecule has 0 fully saturated rings. The summed E-state index contributed by atoms with van der Waals surface area (Å²) < 4.78 is 11.7. The van der Waals surface area contributed by atoms with Gasteiger partial charge in [-0.25, -0.2) is 5.10 Å². The lowest BCUT2D eigenvalue weighted by Crippen LogP contribution is -2.24. The predicted octanol–water partition coefficient (Wildman–Crippen LogP) is 3.83. The first-order chi connectivity index (χ1) is 15.7. The number of tetrazole rings is 1. The van der Waals surface area contributed by atoms with Crippen molar-refractivity contribution in [2.75, 3.05) is 11.9 Å². The van der Waals surface area contributed by atoms with Crippen LogP contribution in [0.15, 0.2) is 42.5 Å². The van der Waals surface area contributed by atoms with E-state index in [0.29, 0.717) is 23.0 Å². The number of H-pyrrole nitrogens is 1. The molecule has 3 aromatic rings. The number of ether oxygens (including phenoxy) is 2. The van der Waals surface area contributed by atoms with Crippen molar-refractivity contribution in [3.63, 3.8) is 0 Å². The lowest BCUT2D eigenvalue weighted by atomic mass is 10.0. The second-order valence-corrected chi connectivity index (χ2v) is 7.55. The molecule has 1 unspecified atom stereocenters. The Balaban J connectivity index is 1.38. The van der Waals surface area contributed by atoms with Crippen molar-refractivity contribution in [2.24, 2.45) is 0 Å². The van der Waals surface area contributed by atoms with Crippen LogP contribution < -0.4 is 14.8 Å². The average Bonchev–Trinajstić information content (AvgIpc) is 3.36. The number of nitrogens with one attached hydrogen (secondary N) is 2.